The number of aliphatic hydroxyl groups excluding tert-OH is 1. The van der Waals surface area contributed by atoms with Crippen molar-refractivity contribution in [2.75, 3.05) is 19.2 Å². The van der Waals surface area contributed by atoms with Gasteiger partial charge in [0.2, 0.25) is 0 Å². The molecule has 0 spiro atoms. The SMILES string of the molecule is CONc1ccn([C@H]2C[C@H](O)[C@@H](CO[P+](=O)O)O2)c(=O)n1. The van der Waals surface area contributed by atoms with Crippen LogP contribution in [0.4, 0.5) is 5.82 Å². The first kappa shape index (κ1) is 16.0. The van der Waals surface area contributed by atoms with E-state index in [1.807, 2.05) is 0 Å². The Bertz CT molecular complexity index is 566. The van der Waals surface area contributed by atoms with Gasteiger partial charge in [-0.25, -0.2) is 10.3 Å². The maximum Gasteiger partial charge on any atom is 0.694 e. The number of rotatable bonds is 6. The van der Waals surface area contributed by atoms with E-state index >= 15 is 0 Å². The van der Waals surface area contributed by atoms with Gasteiger partial charge in [-0.2, -0.15) is 4.98 Å². The number of nitrogens with one attached hydrogen (secondary N) is 1. The van der Waals surface area contributed by atoms with Gasteiger partial charge in [-0.05, 0) is 6.07 Å². The monoisotopic (exact) mass is 320 g/mol. The van der Waals surface area contributed by atoms with E-state index in [1.165, 1.54) is 23.9 Å². The van der Waals surface area contributed by atoms with Gasteiger partial charge in [0.05, 0.1) is 13.2 Å². The van der Waals surface area contributed by atoms with Crippen LogP contribution < -0.4 is 11.2 Å². The van der Waals surface area contributed by atoms with Crippen molar-refractivity contribution in [2.24, 2.45) is 0 Å². The summed E-state index contributed by atoms with van der Waals surface area (Å²) in [5.74, 6) is 0.245. The van der Waals surface area contributed by atoms with Crippen molar-refractivity contribution in [3.63, 3.8) is 0 Å². The fraction of sp³-hybridized carbons (Fsp3) is 0.600. The Labute approximate surface area is 120 Å². The summed E-state index contributed by atoms with van der Waals surface area (Å²) in [6.07, 6.45) is -0.821. The van der Waals surface area contributed by atoms with Gasteiger partial charge in [-0.3, -0.25) is 9.40 Å². The first-order valence-electron chi connectivity index (χ1n) is 6.02. The molecule has 2 rings (SSSR count). The van der Waals surface area contributed by atoms with Crippen molar-refractivity contribution in [1.29, 1.82) is 0 Å². The Balaban J connectivity index is 2.06. The highest BCUT2D eigenvalue weighted by atomic mass is 31.1. The number of hydrogen-bond donors (Lipinski definition) is 3. The lowest BCUT2D eigenvalue weighted by Gasteiger charge is -2.14. The van der Waals surface area contributed by atoms with Crippen molar-refractivity contribution in [3.8, 4) is 0 Å². The number of aliphatic hydroxyl groups is 1. The lowest BCUT2D eigenvalue weighted by atomic mass is 10.2. The minimum atomic E-state index is -2.76. The Hall–Kier alpha value is -1.42. The molecule has 0 aliphatic carbocycles. The second-order valence-electron chi connectivity index (χ2n) is 4.27. The summed E-state index contributed by atoms with van der Waals surface area (Å²) < 4.78 is 21.6. The molecule has 2 heterocycles. The van der Waals surface area contributed by atoms with Crippen molar-refractivity contribution in [3.05, 3.63) is 22.7 Å². The van der Waals surface area contributed by atoms with E-state index in [0.717, 1.165) is 0 Å². The Morgan fingerprint density at radius 1 is 1.67 bits per heavy atom. The molecule has 0 aromatic carbocycles. The number of hydrogen-bond acceptors (Lipinski definition) is 8. The molecule has 0 bridgehead atoms. The van der Waals surface area contributed by atoms with Crippen LogP contribution in [0, 0.1) is 0 Å². The lowest BCUT2D eigenvalue weighted by molar-refractivity contribution is -0.0412. The normalized spacial score (nSPS) is 25.9. The Kier molecular flexibility index (Phi) is 5.34. The predicted octanol–water partition coefficient (Wildman–Crippen LogP) is -0.469. The summed E-state index contributed by atoms with van der Waals surface area (Å²) in [7, 11) is -1.37. The van der Waals surface area contributed by atoms with Gasteiger partial charge in [0.1, 0.15) is 18.9 Å². The van der Waals surface area contributed by atoms with Gasteiger partial charge < -0.3 is 9.84 Å². The molecule has 1 aromatic rings. The second kappa shape index (κ2) is 7.03. The molecule has 1 unspecified atom stereocenters. The van der Waals surface area contributed by atoms with E-state index in [9.17, 15) is 14.5 Å². The van der Waals surface area contributed by atoms with E-state index in [1.54, 1.807) is 0 Å². The molecular weight excluding hydrogens is 305 g/mol. The van der Waals surface area contributed by atoms with Gasteiger partial charge >= 0.3 is 13.9 Å². The van der Waals surface area contributed by atoms with E-state index < -0.39 is 32.4 Å². The van der Waals surface area contributed by atoms with Crippen LogP contribution in [0.3, 0.4) is 0 Å². The van der Waals surface area contributed by atoms with Crippen molar-refractivity contribution < 1.29 is 28.7 Å². The van der Waals surface area contributed by atoms with Gasteiger partial charge in [-0.15, -0.1) is 9.42 Å². The molecule has 0 amide bonds. The molecule has 11 heteroatoms. The smallest absolute Gasteiger partial charge is 0.390 e. The summed E-state index contributed by atoms with van der Waals surface area (Å²) >= 11 is 0. The van der Waals surface area contributed by atoms with Gasteiger partial charge in [0.25, 0.3) is 0 Å². The molecule has 1 fully saturated rings. The van der Waals surface area contributed by atoms with Crippen molar-refractivity contribution in [1.82, 2.24) is 9.55 Å². The third-order valence-electron chi connectivity index (χ3n) is 2.90. The van der Waals surface area contributed by atoms with Crippen LogP contribution in [0.15, 0.2) is 17.1 Å². The summed E-state index contributed by atoms with van der Waals surface area (Å²) in [6, 6.07) is 1.51. The first-order chi connectivity index (χ1) is 10.0. The first-order valence-corrected chi connectivity index (χ1v) is 7.15. The van der Waals surface area contributed by atoms with E-state index in [-0.39, 0.29) is 18.8 Å². The summed E-state index contributed by atoms with van der Waals surface area (Å²) in [5, 5.41) is 9.81. The Morgan fingerprint density at radius 2 is 2.43 bits per heavy atom. The highest BCUT2D eigenvalue weighted by Crippen LogP contribution is 2.29. The van der Waals surface area contributed by atoms with Crippen LogP contribution in [-0.2, 0) is 18.7 Å². The maximum absolute atomic E-state index is 11.9. The number of aromatic nitrogens is 2. The predicted molar refractivity (Wildman–Crippen MR) is 69.4 cm³/mol. The molecule has 3 N–H and O–H groups in total. The van der Waals surface area contributed by atoms with E-state index in [4.69, 9.17) is 9.63 Å². The summed E-state index contributed by atoms with van der Waals surface area (Å²) in [4.78, 5) is 28.8. The topological polar surface area (TPSA) is 132 Å². The minimum absolute atomic E-state index is 0.148. The van der Waals surface area contributed by atoms with Crippen LogP contribution in [0.25, 0.3) is 0 Å². The fourth-order valence-corrected chi connectivity index (χ4v) is 2.24. The van der Waals surface area contributed by atoms with Crippen molar-refractivity contribution in [2.45, 2.75) is 24.9 Å². The van der Waals surface area contributed by atoms with Gasteiger partial charge in [0.15, 0.2) is 5.82 Å². The van der Waals surface area contributed by atoms with Gasteiger partial charge in [-0.1, -0.05) is 0 Å². The highest BCUT2D eigenvalue weighted by Gasteiger charge is 2.37. The van der Waals surface area contributed by atoms with E-state index in [0.29, 0.717) is 0 Å². The average molecular weight is 320 g/mol. The molecule has 1 aliphatic heterocycles. The third-order valence-corrected chi connectivity index (χ3v) is 3.27. The number of anilines is 1. The molecule has 116 valence electrons. The highest BCUT2D eigenvalue weighted by molar-refractivity contribution is 7.32. The fourth-order valence-electron chi connectivity index (χ4n) is 1.97. The molecule has 0 saturated carbocycles. The Morgan fingerprint density at radius 3 is 3.05 bits per heavy atom. The third kappa shape index (κ3) is 4.03. The molecule has 1 aromatic heterocycles. The van der Waals surface area contributed by atoms with E-state index in [2.05, 4.69) is 19.8 Å². The lowest BCUT2D eigenvalue weighted by Crippen LogP contribution is -2.28. The van der Waals surface area contributed by atoms with Gasteiger partial charge in [0, 0.05) is 17.2 Å². The minimum Gasteiger partial charge on any atom is -0.390 e. The zero-order chi connectivity index (χ0) is 15.4. The molecule has 10 nitrogen and oxygen atoms in total. The molecule has 0 radical (unpaired) electrons. The van der Waals surface area contributed by atoms with Crippen LogP contribution in [0.5, 0.6) is 0 Å². The molecule has 21 heavy (non-hydrogen) atoms. The zero-order valence-corrected chi connectivity index (χ0v) is 12.0. The summed E-state index contributed by atoms with van der Waals surface area (Å²) in [6.45, 7) is -0.241. The number of nitrogens with zero attached hydrogens (tertiary/aromatic N) is 2. The molecule has 1 saturated heterocycles. The number of ether oxygens (including phenoxy) is 1. The molecule has 4 atom stereocenters. The average Bonchev–Trinajstić information content (AvgIpc) is 2.78. The van der Waals surface area contributed by atoms with Crippen LogP contribution in [0.2, 0.25) is 0 Å². The molecule has 1 aliphatic rings. The molecular formula is C10H15N3O7P+. The largest absolute Gasteiger partial charge is 0.694 e. The van der Waals surface area contributed by atoms with Crippen LogP contribution in [-0.4, -0.2) is 45.5 Å². The standard InChI is InChI=1S/C10H14N3O7P/c1-18-12-8-2-3-13(10(15)11-8)9-4-6(14)7(20-9)5-19-21(16)17/h2-3,6-7,9,14H,4-5H2,1H3,(H-,11,12,15,16,17)/p+1/t6-,7+,9+/m0/s1. The maximum atomic E-state index is 11.9. The van der Waals surface area contributed by atoms with Crippen LogP contribution >= 0.6 is 8.25 Å². The van der Waals surface area contributed by atoms with Crippen LogP contribution in [0.1, 0.15) is 12.6 Å². The quantitative estimate of drug-likeness (QED) is 0.470. The summed E-state index contributed by atoms with van der Waals surface area (Å²) in [5.41, 5.74) is 1.84. The zero-order valence-electron chi connectivity index (χ0n) is 11.1. The second-order valence-corrected chi connectivity index (χ2v) is 5.01. The van der Waals surface area contributed by atoms with Crippen molar-refractivity contribution >= 4 is 14.1 Å².